The van der Waals surface area contributed by atoms with Gasteiger partial charge >= 0.3 is 0 Å². The minimum absolute atomic E-state index is 0.0526. The van der Waals surface area contributed by atoms with Gasteiger partial charge in [0.2, 0.25) is 5.75 Å². The number of aromatic nitrogens is 2. The van der Waals surface area contributed by atoms with E-state index in [1.807, 2.05) is 0 Å². The van der Waals surface area contributed by atoms with Gasteiger partial charge in [-0.1, -0.05) is 11.6 Å². The van der Waals surface area contributed by atoms with E-state index in [4.69, 9.17) is 40.5 Å². The Kier molecular flexibility index (Phi) is 9.08. The van der Waals surface area contributed by atoms with Gasteiger partial charge in [0.25, 0.3) is 11.5 Å². The third-order valence-electron chi connectivity index (χ3n) is 7.16. The van der Waals surface area contributed by atoms with E-state index < -0.39 is 17.3 Å². The van der Waals surface area contributed by atoms with E-state index in [-0.39, 0.29) is 22.0 Å². The van der Waals surface area contributed by atoms with Gasteiger partial charge in [0.1, 0.15) is 41.8 Å². The summed E-state index contributed by atoms with van der Waals surface area (Å²) in [5.41, 5.74) is 0.197. The van der Waals surface area contributed by atoms with Crippen molar-refractivity contribution in [3.05, 3.63) is 99.8 Å². The second-order valence-corrected chi connectivity index (χ2v) is 10.6. The summed E-state index contributed by atoms with van der Waals surface area (Å²) in [6.07, 6.45) is 3.94. The van der Waals surface area contributed by atoms with E-state index in [9.17, 15) is 14.0 Å². The van der Waals surface area contributed by atoms with Crippen molar-refractivity contribution in [2.24, 2.45) is 0 Å². The highest BCUT2D eigenvalue weighted by molar-refractivity contribution is 6.34. The third-order valence-corrected chi connectivity index (χ3v) is 7.47. The van der Waals surface area contributed by atoms with Gasteiger partial charge in [-0.25, -0.2) is 4.39 Å². The first-order valence-corrected chi connectivity index (χ1v) is 14.8. The molecule has 0 atom stereocenters. The number of nitriles is 1. The average Bonchev–Trinajstić information content (AvgIpc) is 3.08. The fourth-order valence-electron chi connectivity index (χ4n) is 4.98. The van der Waals surface area contributed by atoms with Crippen LogP contribution in [0.2, 0.25) is 5.02 Å². The maximum atomic E-state index is 13.4. The van der Waals surface area contributed by atoms with Crippen LogP contribution in [0.1, 0.15) is 23.2 Å². The zero-order valence-corrected chi connectivity index (χ0v) is 25.7. The van der Waals surface area contributed by atoms with Gasteiger partial charge < -0.3 is 29.0 Å². The molecule has 238 valence electrons. The first-order valence-electron chi connectivity index (χ1n) is 14.4. The lowest BCUT2D eigenvalue weighted by Crippen LogP contribution is -2.29. The number of methoxy groups -OCH3 is 1. The quantitative estimate of drug-likeness (QED) is 0.163. The number of anilines is 1. The third kappa shape index (κ3) is 6.47. The molecule has 1 aliphatic heterocycles. The molecule has 0 bridgehead atoms. The van der Waals surface area contributed by atoms with Crippen molar-refractivity contribution in [1.29, 1.82) is 5.26 Å². The highest BCUT2D eigenvalue weighted by Crippen LogP contribution is 2.48. The minimum Gasteiger partial charge on any atom is -0.496 e. The summed E-state index contributed by atoms with van der Waals surface area (Å²) < 4.78 is 43.9. The number of hydrogen-bond acceptors (Lipinski definition) is 9. The Labute approximate surface area is 272 Å². The SMILES string of the molecule is COc1ccn(-c2ccc(F)cc2)c(=O)c1C(=O)Nc1ccc(Oc2ccnc3cc(OCCCC#N)c4c(c23)OCCO4)cc1Cl. The molecule has 0 saturated carbocycles. The summed E-state index contributed by atoms with van der Waals surface area (Å²) in [6, 6.07) is 16.9. The number of pyridine rings is 2. The van der Waals surface area contributed by atoms with E-state index in [1.165, 1.54) is 60.3 Å². The normalized spacial score (nSPS) is 11.9. The van der Waals surface area contributed by atoms with E-state index in [0.717, 1.165) is 0 Å². The molecule has 1 amide bonds. The predicted molar refractivity (Wildman–Crippen MR) is 171 cm³/mol. The van der Waals surface area contributed by atoms with Crippen LogP contribution in [0.4, 0.5) is 10.1 Å². The molecule has 0 saturated heterocycles. The Hall–Kier alpha value is -5.80. The van der Waals surface area contributed by atoms with Crippen molar-refractivity contribution in [3.8, 4) is 46.3 Å². The molecule has 0 unspecified atom stereocenters. The summed E-state index contributed by atoms with van der Waals surface area (Å²) in [5, 5.41) is 12.2. The molecule has 3 aromatic carbocycles. The van der Waals surface area contributed by atoms with E-state index >= 15 is 0 Å². The average molecular weight is 657 g/mol. The molecule has 13 heteroatoms. The smallest absolute Gasteiger partial charge is 0.271 e. The molecule has 2 aromatic heterocycles. The van der Waals surface area contributed by atoms with E-state index in [0.29, 0.717) is 78.0 Å². The van der Waals surface area contributed by atoms with Crippen LogP contribution in [-0.2, 0) is 0 Å². The Balaban J connectivity index is 1.26. The number of hydrogen-bond donors (Lipinski definition) is 1. The topological polar surface area (TPSA) is 134 Å². The molecule has 1 N–H and O–H groups in total. The Morgan fingerprint density at radius 3 is 2.60 bits per heavy atom. The molecule has 1 aliphatic rings. The monoisotopic (exact) mass is 656 g/mol. The maximum Gasteiger partial charge on any atom is 0.271 e. The molecular weight excluding hydrogens is 631 g/mol. The number of benzene rings is 3. The van der Waals surface area contributed by atoms with Gasteiger partial charge in [-0.15, -0.1) is 0 Å². The fraction of sp³-hybridized carbons (Fsp3) is 0.176. The van der Waals surface area contributed by atoms with Crippen molar-refractivity contribution in [2.45, 2.75) is 12.8 Å². The summed E-state index contributed by atoms with van der Waals surface area (Å²) in [6.45, 7) is 0.977. The second kappa shape index (κ2) is 13.7. The molecule has 6 rings (SSSR count). The number of carbonyl (C=O) groups excluding carboxylic acids is 1. The number of rotatable bonds is 10. The molecular formula is C34H26ClFN4O7. The standard InChI is InChI=1S/C34H26ClFN4O7/c1-43-26-11-14-40(21-6-4-20(36)5-7-21)34(42)30(26)33(41)39-24-9-8-22(18-23(24)35)47-27-10-13-38-25-19-28(44-15-3-2-12-37)31-32(29(25)27)46-17-16-45-31/h4-11,13-14,18-19H,2-3,15-17H2,1H3,(H,39,41). The number of halogens is 2. The van der Waals surface area contributed by atoms with Crippen LogP contribution in [-0.4, -0.2) is 42.4 Å². The molecule has 0 radical (unpaired) electrons. The van der Waals surface area contributed by atoms with Crippen LogP contribution in [0.15, 0.2) is 77.9 Å². The van der Waals surface area contributed by atoms with Crippen molar-refractivity contribution < 1.29 is 32.9 Å². The summed E-state index contributed by atoms with van der Waals surface area (Å²) in [7, 11) is 1.34. The molecule has 0 spiro atoms. The molecule has 0 aliphatic carbocycles. The second-order valence-electron chi connectivity index (χ2n) is 10.2. The summed E-state index contributed by atoms with van der Waals surface area (Å²) in [4.78, 5) is 31.2. The molecule has 5 aromatic rings. The van der Waals surface area contributed by atoms with Crippen molar-refractivity contribution in [1.82, 2.24) is 9.55 Å². The number of fused-ring (bicyclic) bond motifs is 3. The van der Waals surface area contributed by atoms with Gasteiger partial charge in [0.15, 0.2) is 11.5 Å². The van der Waals surface area contributed by atoms with Crippen LogP contribution in [0.5, 0.6) is 34.5 Å². The molecule has 0 fully saturated rings. The first-order chi connectivity index (χ1) is 22.9. The van der Waals surface area contributed by atoms with Crippen LogP contribution >= 0.6 is 11.6 Å². The molecule has 47 heavy (non-hydrogen) atoms. The largest absolute Gasteiger partial charge is 0.496 e. The van der Waals surface area contributed by atoms with Gasteiger partial charge in [-0.05, 0) is 55.0 Å². The molecule has 11 nitrogen and oxygen atoms in total. The van der Waals surface area contributed by atoms with Crippen LogP contribution in [0.25, 0.3) is 16.6 Å². The zero-order chi connectivity index (χ0) is 32.9. The number of amides is 1. The van der Waals surface area contributed by atoms with Crippen molar-refractivity contribution in [3.63, 3.8) is 0 Å². The maximum absolute atomic E-state index is 13.4. The lowest BCUT2D eigenvalue weighted by atomic mass is 10.1. The Morgan fingerprint density at radius 2 is 1.85 bits per heavy atom. The predicted octanol–water partition coefficient (Wildman–Crippen LogP) is 6.69. The number of nitrogens with one attached hydrogen (secondary N) is 1. The Bertz CT molecular complexity index is 2080. The summed E-state index contributed by atoms with van der Waals surface area (Å²) in [5.74, 6) is 0.893. The van der Waals surface area contributed by atoms with Crippen molar-refractivity contribution >= 4 is 34.1 Å². The number of unbranched alkanes of at least 4 members (excludes halogenated alkanes) is 1. The van der Waals surface area contributed by atoms with Gasteiger partial charge in [0.05, 0.1) is 41.4 Å². The van der Waals surface area contributed by atoms with Crippen LogP contribution in [0, 0.1) is 17.1 Å². The van der Waals surface area contributed by atoms with E-state index in [2.05, 4.69) is 16.4 Å². The van der Waals surface area contributed by atoms with E-state index in [1.54, 1.807) is 24.4 Å². The van der Waals surface area contributed by atoms with Crippen molar-refractivity contribution in [2.75, 3.05) is 32.2 Å². The molecule has 3 heterocycles. The lowest BCUT2D eigenvalue weighted by Gasteiger charge is -2.23. The van der Waals surface area contributed by atoms with Crippen LogP contribution < -0.4 is 34.6 Å². The highest BCUT2D eigenvalue weighted by Gasteiger charge is 2.25. The number of ether oxygens (including phenoxy) is 5. The van der Waals surface area contributed by atoms with Gasteiger partial charge in [-0.3, -0.25) is 19.1 Å². The lowest BCUT2D eigenvalue weighted by molar-refractivity contribution is 0.102. The minimum atomic E-state index is -0.756. The number of carbonyl (C=O) groups is 1. The van der Waals surface area contributed by atoms with Gasteiger partial charge in [-0.2, -0.15) is 5.26 Å². The van der Waals surface area contributed by atoms with Crippen LogP contribution in [0.3, 0.4) is 0 Å². The first kappa shape index (κ1) is 31.2. The zero-order valence-electron chi connectivity index (χ0n) is 24.9. The fourth-order valence-corrected chi connectivity index (χ4v) is 5.19. The highest BCUT2D eigenvalue weighted by atomic mass is 35.5. The Morgan fingerprint density at radius 1 is 1.06 bits per heavy atom. The van der Waals surface area contributed by atoms with Gasteiger partial charge in [0, 0.05) is 36.6 Å². The summed E-state index contributed by atoms with van der Waals surface area (Å²) >= 11 is 6.57. The number of nitrogens with zero attached hydrogens (tertiary/aromatic N) is 3.